The maximum Gasteiger partial charge on any atom is 0.338 e. The summed E-state index contributed by atoms with van der Waals surface area (Å²) in [5.74, 6) is -1.15. The molecule has 0 fully saturated rings. The van der Waals surface area contributed by atoms with Crippen LogP contribution in [0.3, 0.4) is 0 Å². The molecule has 0 aromatic carbocycles. The van der Waals surface area contributed by atoms with Gasteiger partial charge in [0.2, 0.25) is 0 Å². The highest BCUT2D eigenvalue weighted by molar-refractivity contribution is 5.75. The van der Waals surface area contributed by atoms with E-state index in [0.717, 1.165) is 0 Å². The van der Waals surface area contributed by atoms with E-state index in [2.05, 4.69) is 11.3 Å². The molecule has 0 aliphatic carbocycles. The summed E-state index contributed by atoms with van der Waals surface area (Å²) in [6.45, 7) is 4.12. The van der Waals surface area contributed by atoms with Crippen molar-refractivity contribution in [2.45, 2.75) is 31.3 Å². The predicted octanol–water partition coefficient (Wildman–Crippen LogP) is -2.46. The van der Waals surface area contributed by atoms with Crippen molar-refractivity contribution >= 4 is 5.97 Å². The van der Waals surface area contributed by atoms with E-state index in [9.17, 15) is 20.1 Å². The maximum absolute atomic E-state index is 11.2. The third-order valence-corrected chi connectivity index (χ3v) is 1.96. The summed E-state index contributed by atoms with van der Waals surface area (Å²) in [5.41, 5.74) is 0.538. The van der Waals surface area contributed by atoms with Gasteiger partial charge in [0, 0.05) is 0 Å². The van der Waals surface area contributed by atoms with Gasteiger partial charge in [-0.3, -0.25) is 0 Å². The Morgan fingerprint density at radius 2 is 1.76 bits per heavy atom. The van der Waals surface area contributed by atoms with Crippen LogP contribution >= 0.6 is 0 Å². The van der Waals surface area contributed by atoms with Crippen molar-refractivity contribution in [3.8, 4) is 0 Å². The van der Waals surface area contributed by atoms with Crippen molar-refractivity contribution in [3.63, 3.8) is 0 Å². The number of rotatable bonds is 7. The lowest BCUT2D eigenvalue weighted by Gasteiger charge is -2.24. The lowest BCUT2D eigenvalue weighted by molar-refractivity contribution is -0.169. The number of hydrogen-bond donors (Lipinski definition) is 5. The van der Waals surface area contributed by atoms with Gasteiger partial charge < -0.3 is 30.3 Å². The molecule has 100 valence electrons. The average molecular weight is 250 g/mol. The molecule has 17 heavy (non-hydrogen) atoms. The second-order valence-electron chi connectivity index (χ2n) is 3.74. The smallest absolute Gasteiger partial charge is 0.338 e. The minimum atomic E-state index is -2.01. The fourth-order valence-corrected chi connectivity index (χ4v) is 0.942. The van der Waals surface area contributed by atoms with Crippen LogP contribution in [0.25, 0.3) is 0 Å². The number of aliphatic hydroxyl groups is 5. The molecule has 0 aromatic rings. The zero-order valence-corrected chi connectivity index (χ0v) is 9.48. The van der Waals surface area contributed by atoms with E-state index in [1.54, 1.807) is 6.92 Å². The van der Waals surface area contributed by atoms with Gasteiger partial charge in [0.1, 0.15) is 24.9 Å². The van der Waals surface area contributed by atoms with Gasteiger partial charge >= 0.3 is 5.97 Å². The van der Waals surface area contributed by atoms with E-state index in [-0.39, 0.29) is 6.61 Å². The molecule has 7 nitrogen and oxygen atoms in total. The average Bonchev–Trinajstić information content (AvgIpc) is 2.31. The number of ether oxygens (including phenoxy) is 1. The fourth-order valence-electron chi connectivity index (χ4n) is 0.942. The van der Waals surface area contributed by atoms with Crippen LogP contribution in [0, 0.1) is 0 Å². The molecule has 0 radical (unpaired) electrons. The minimum Gasteiger partial charge on any atom is -0.459 e. The van der Waals surface area contributed by atoms with Crippen molar-refractivity contribution in [2.75, 3.05) is 13.2 Å². The molecule has 0 aliphatic rings. The Hall–Kier alpha value is -0.990. The molecule has 0 amide bonds. The highest BCUT2D eigenvalue weighted by Gasteiger charge is 2.35. The van der Waals surface area contributed by atoms with Gasteiger partial charge in [-0.05, 0) is 12.5 Å². The molecule has 0 saturated carbocycles. The van der Waals surface area contributed by atoms with Gasteiger partial charge in [-0.15, -0.1) is 0 Å². The van der Waals surface area contributed by atoms with Gasteiger partial charge in [-0.25, -0.2) is 4.79 Å². The summed E-state index contributed by atoms with van der Waals surface area (Å²) in [6, 6.07) is 0. The summed E-state index contributed by atoms with van der Waals surface area (Å²) >= 11 is 0. The van der Waals surface area contributed by atoms with Crippen molar-refractivity contribution in [3.05, 3.63) is 12.2 Å². The molecule has 0 bridgehead atoms. The van der Waals surface area contributed by atoms with E-state index < -0.39 is 37.0 Å². The van der Waals surface area contributed by atoms with E-state index >= 15 is 0 Å². The molecule has 0 unspecified atom stereocenters. The molecule has 0 saturated heterocycles. The molecule has 0 rings (SSSR count). The monoisotopic (exact) mass is 250 g/mol. The minimum absolute atomic E-state index is 0.124. The number of carbonyl (C=O) groups is 1. The van der Waals surface area contributed by atoms with Crippen LogP contribution < -0.4 is 0 Å². The molecule has 7 heteroatoms. The van der Waals surface area contributed by atoms with Crippen LogP contribution in [0.15, 0.2) is 12.2 Å². The molecule has 5 N–H and O–H groups in total. The molecule has 4 atom stereocenters. The lowest BCUT2D eigenvalue weighted by Crippen LogP contribution is -2.49. The van der Waals surface area contributed by atoms with Crippen molar-refractivity contribution < 1.29 is 35.1 Å². The van der Waals surface area contributed by atoms with Crippen molar-refractivity contribution in [1.29, 1.82) is 0 Å². The summed E-state index contributed by atoms with van der Waals surface area (Å²) in [4.78, 5) is 11.2. The lowest BCUT2D eigenvalue weighted by atomic mass is 10.0. The van der Waals surface area contributed by atoms with E-state index in [1.165, 1.54) is 0 Å². The highest BCUT2D eigenvalue weighted by atomic mass is 16.5. The zero-order chi connectivity index (χ0) is 13.6. The van der Waals surface area contributed by atoms with Crippen molar-refractivity contribution in [1.82, 2.24) is 0 Å². The molecule has 0 aliphatic heterocycles. The predicted molar refractivity (Wildman–Crippen MR) is 56.9 cm³/mol. The zero-order valence-electron chi connectivity index (χ0n) is 9.48. The highest BCUT2D eigenvalue weighted by Crippen LogP contribution is 2.07. The maximum atomic E-state index is 11.2. The van der Waals surface area contributed by atoms with Crippen LogP contribution in [0.2, 0.25) is 0 Å². The fraction of sp³-hybridized carbons (Fsp3) is 0.700. The third-order valence-electron chi connectivity index (χ3n) is 1.96. The Balaban J connectivity index is 4.32. The molecular weight excluding hydrogens is 232 g/mol. The first-order valence-corrected chi connectivity index (χ1v) is 4.95. The number of aliphatic hydroxyl groups excluding tert-OH is 5. The normalized spacial score (nSPS) is 18.0. The van der Waals surface area contributed by atoms with Crippen molar-refractivity contribution in [2.24, 2.45) is 0 Å². The number of esters is 1. The van der Waals surface area contributed by atoms with E-state index in [0.29, 0.717) is 5.57 Å². The first-order chi connectivity index (χ1) is 7.81. The third kappa shape index (κ3) is 5.24. The van der Waals surface area contributed by atoms with Crippen LogP contribution in [-0.4, -0.2) is 69.1 Å². The van der Waals surface area contributed by atoms with Crippen LogP contribution in [0.1, 0.15) is 6.92 Å². The van der Waals surface area contributed by atoms with Crippen LogP contribution in [0.4, 0.5) is 0 Å². The number of carbonyl (C=O) groups excluding carboxylic acids is 1. The first kappa shape index (κ1) is 16.0. The van der Waals surface area contributed by atoms with Gasteiger partial charge in [-0.1, -0.05) is 6.58 Å². The standard InChI is InChI=1S/C10H18O7/c1-5(2)4-17-10(16)9(15)8(14)7(13)6(12)3-11/h6-9,11-15H,1,3-4H2,2H3/t6-,7-,8+,9-/m1/s1. The Kier molecular flexibility index (Phi) is 6.93. The summed E-state index contributed by atoms with van der Waals surface area (Å²) < 4.78 is 4.55. The second kappa shape index (κ2) is 7.36. The van der Waals surface area contributed by atoms with Gasteiger partial charge in [0.25, 0.3) is 0 Å². The van der Waals surface area contributed by atoms with Crippen LogP contribution in [-0.2, 0) is 9.53 Å². The molecule has 0 aromatic heterocycles. The van der Waals surface area contributed by atoms with Gasteiger partial charge in [0.05, 0.1) is 6.61 Å². The Bertz CT molecular complexity index is 265. The van der Waals surface area contributed by atoms with Gasteiger partial charge in [0.15, 0.2) is 6.10 Å². The van der Waals surface area contributed by atoms with Crippen LogP contribution in [0.5, 0.6) is 0 Å². The molecule has 0 heterocycles. The topological polar surface area (TPSA) is 127 Å². The first-order valence-electron chi connectivity index (χ1n) is 4.95. The van der Waals surface area contributed by atoms with Gasteiger partial charge in [-0.2, -0.15) is 0 Å². The summed E-state index contributed by atoms with van der Waals surface area (Å²) in [6.07, 6.45) is -7.47. The van der Waals surface area contributed by atoms with E-state index in [4.69, 9.17) is 10.2 Å². The summed E-state index contributed by atoms with van der Waals surface area (Å²) in [7, 11) is 0. The Morgan fingerprint density at radius 1 is 1.24 bits per heavy atom. The quantitative estimate of drug-likeness (QED) is 0.250. The molecule has 0 spiro atoms. The summed E-state index contributed by atoms with van der Waals surface area (Å²) in [5, 5.41) is 45.4. The van der Waals surface area contributed by atoms with E-state index in [1.807, 2.05) is 0 Å². The second-order valence-corrected chi connectivity index (χ2v) is 3.74. The SMILES string of the molecule is C=C(C)COC(=O)[C@H](O)[C@@H](O)[C@H](O)[C@H](O)CO. The number of hydrogen-bond acceptors (Lipinski definition) is 7. The Labute approximate surface area is 98.6 Å². The largest absolute Gasteiger partial charge is 0.459 e. The molecular formula is C10H18O7. The Morgan fingerprint density at radius 3 is 2.18 bits per heavy atom.